The molecule has 28 heavy (non-hydrogen) atoms. The van der Waals surface area contributed by atoms with Gasteiger partial charge in [-0.2, -0.15) is 0 Å². The molecular formula is C19H18FN3O5. The molecule has 1 atom stereocenters. The molecule has 0 aliphatic heterocycles. The van der Waals surface area contributed by atoms with Crippen LogP contribution >= 0.6 is 0 Å². The molecule has 0 bridgehead atoms. The van der Waals surface area contributed by atoms with Gasteiger partial charge in [0.2, 0.25) is 5.91 Å². The van der Waals surface area contributed by atoms with Crippen LogP contribution in [0, 0.1) is 5.82 Å². The van der Waals surface area contributed by atoms with Crippen molar-refractivity contribution in [3.05, 3.63) is 65.5 Å². The minimum Gasteiger partial charge on any atom is -0.451 e. The van der Waals surface area contributed by atoms with Crippen molar-refractivity contribution in [2.45, 2.75) is 13.0 Å². The summed E-state index contributed by atoms with van der Waals surface area (Å²) in [4.78, 5) is 46.7. The second kappa shape index (κ2) is 9.26. The normalized spacial score (nSPS) is 11.2. The first-order valence-corrected chi connectivity index (χ1v) is 8.20. The monoisotopic (exact) mass is 387 g/mol. The predicted molar refractivity (Wildman–Crippen MR) is 97.9 cm³/mol. The number of esters is 1. The van der Waals surface area contributed by atoms with Crippen LogP contribution < -0.4 is 16.4 Å². The Morgan fingerprint density at radius 3 is 2.36 bits per heavy atom. The zero-order valence-electron chi connectivity index (χ0n) is 14.9. The highest BCUT2D eigenvalue weighted by atomic mass is 19.1. The van der Waals surface area contributed by atoms with Crippen LogP contribution in [-0.4, -0.2) is 36.3 Å². The number of nitrogens with two attached hydrogens (primary N) is 1. The third-order valence-electron chi connectivity index (χ3n) is 3.59. The van der Waals surface area contributed by atoms with E-state index in [9.17, 15) is 23.6 Å². The van der Waals surface area contributed by atoms with E-state index in [4.69, 9.17) is 10.5 Å². The molecule has 4 N–H and O–H groups in total. The molecule has 8 nitrogen and oxygen atoms in total. The molecule has 0 saturated carbocycles. The van der Waals surface area contributed by atoms with Gasteiger partial charge in [0.15, 0.2) is 6.10 Å². The van der Waals surface area contributed by atoms with E-state index in [1.165, 1.54) is 49.4 Å². The lowest BCUT2D eigenvalue weighted by Crippen LogP contribution is -2.35. The van der Waals surface area contributed by atoms with Gasteiger partial charge in [0, 0.05) is 16.8 Å². The Morgan fingerprint density at radius 2 is 1.75 bits per heavy atom. The smallest absolute Gasteiger partial charge is 0.326 e. The van der Waals surface area contributed by atoms with E-state index >= 15 is 0 Å². The second-order valence-corrected chi connectivity index (χ2v) is 5.76. The lowest BCUT2D eigenvalue weighted by Gasteiger charge is -2.14. The minimum atomic E-state index is -1.13. The standard InChI is InChI=1S/C19H18FN3O5/c1-11(18(26)23-15-7-5-12(6-8-15)17(21)25)28-16(24)10-22-19(27)13-3-2-4-14(20)9-13/h2-9,11H,10H2,1H3,(H2,21,25)(H,22,27)(H,23,26)/t11-/m0/s1. The van der Waals surface area contributed by atoms with Crippen molar-refractivity contribution in [2.24, 2.45) is 5.73 Å². The Hall–Kier alpha value is -3.75. The van der Waals surface area contributed by atoms with Gasteiger partial charge in [-0.25, -0.2) is 4.39 Å². The number of amides is 3. The summed E-state index contributed by atoms with van der Waals surface area (Å²) in [6.45, 7) is 0.875. The summed E-state index contributed by atoms with van der Waals surface area (Å²) in [5.41, 5.74) is 5.85. The zero-order chi connectivity index (χ0) is 20.7. The summed E-state index contributed by atoms with van der Waals surface area (Å²) in [5, 5.41) is 4.79. The highest BCUT2D eigenvalue weighted by Crippen LogP contribution is 2.10. The van der Waals surface area contributed by atoms with Crippen LogP contribution in [0.15, 0.2) is 48.5 Å². The Labute approximate surface area is 159 Å². The summed E-state index contributed by atoms with van der Waals surface area (Å²) in [6.07, 6.45) is -1.13. The molecule has 0 fully saturated rings. The molecule has 3 amide bonds. The number of halogens is 1. The van der Waals surface area contributed by atoms with Crippen molar-refractivity contribution in [1.82, 2.24) is 5.32 Å². The van der Waals surface area contributed by atoms with Gasteiger partial charge < -0.3 is 21.1 Å². The van der Waals surface area contributed by atoms with Crippen LogP contribution in [0.2, 0.25) is 0 Å². The maximum atomic E-state index is 13.1. The van der Waals surface area contributed by atoms with Crippen molar-refractivity contribution < 1.29 is 28.3 Å². The molecule has 0 heterocycles. The van der Waals surface area contributed by atoms with E-state index in [1.807, 2.05) is 0 Å². The number of hydrogen-bond acceptors (Lipinski definition) is 5. The highest BCUT2D eigenvalue weighted by molar-refractivity contribution is 5.98. The van der Waals surface area contributed by atoms with E-state index in [0.29, 0.717) is 5.69 Å². The number of primary amides is 1. The van der Waals surface area contributed by atoms with Crippen LogP contribution in [0.4, 0.5) is 10.1 Å². The fourth-order valence-electron chi connectivity index (χ4n) is 2.14. The minimum absolute atomic E-state index is 0.0537. The number of anilines is 1. The van der Waals surface area contributed by atoms with Gasteiger partial charge in [0.05, 0.1) is 0 Å². The Kier molecular flexibility index (Phi) is 6.80. The summed E-state index contributed by atoms with van der Waals surface area (Å²) >= 11 is 0. The van der Waals surface area contributed by atoms with Gasteiger partial charge in [-0.1, -0.05) is 6.07 Å². The quantitative estimate of drug-likeness (QED) is 0.616. The number of benzene rings is 2. The number of rotatable bonds is 7. The van der Waals surface area contributed by atoms with Gasteiger partial charge >= 0.3 is 5.97 Å². The highest BCUT2D eigenvalue weighted by Gasteiger charge is 2.19. The second-order valence-electron chi connectivity index (χ2n) is 5.76. The number of hydrogen-bond donors (Lipinski definition) is 3. The third-order valence-corrected chi connectivity index (χ3v) is 3.59. The summed E-state index contributed by atoms with van der Waals surface area (Å²) in [5.74, 6) is -3.26. The number of carbonyl (C=O) groups is 4. The first-order valence-electron chi connectivity index (χ1n) is 8.20. The fourth-order valence-corrected chi connectivity index (χ4v) is 2.14. The average molecular weight is 387 g/mol. The predicted octanol–water partition coefficient (Wildman–Crippen LogP) is 1.22. The number of nitrogens with one attached hydrogen (secondary N) is 2. The maximum Gasteiger partial charge on any atom is 0.326 e. The van der Waals surface area contributed by atoms with E-state index < -0.39 is 42.2 Å². The van der Waals surface area contributed by atoms with Crippen LogP contribution in [0.5, 0.6) is 0 Å². The Morgan fingerprint density at radius 1 is 1.07 bits per heavy atom. The van der Waals surface area contributed by atoms with E-state index in [-0.39, 0.29) is 11.1 Å². The third kappa shape index (κ3) is 5.90. The molecule has 0 aliphatic carbocycles. The molecular weight excluding hydrogens is 369 g/mol. The number of carbonyl (C=O) groups excluding carboxylic acids is 4. The molecule has 2 rings (SSSR count). The molecule has 0 unspecified atom stereocenters. The van der Waals surface area contributed by atoms with Gasteiger partial charge in [-0.3, -0.25) is 19.2 Å². The van der Waals surface area contributed by atoms with Crippen molar-refractivity contribution >= 4 is 29.4 Å². The summed E-state index contributed by atoms with van der Waals surface area (Å²) in [6, 6.07) is 10.8. The molecule has 146 valence electrons. The lowest BCUT2D eigenvalue weighted by molar-refractivity contribution is -0.152. The van der Waals surface area contributed by atoms with Gasteiger partial charge in [-0.15, -0.1) is 0 Å². The fraction of sp³-hybridized carbons (Fsp3) is 0.158. The first-order chi connectivity index (χ1) is 13.3. The van der Waals surface area contributed by atoms with E-state index in [0.717, 1.165) is 6.07 Å². The molecule has 0 aromatic heterocycles. The lowest BCUT2D eigenvalue weighted by atomic mass is 10.2. The van der Waals surface area contributed by atoms with Crippen LogP contribution in [0.25, 0.3) is 0 Å². The molecule has 2 aromatic carbocycles. The van der Waals surface area contributed by atoms with Gasteiger partial charge in [-0.05, 0) is 49.4 Å². The Bertz CT molecular complexity index is 899. The average Bonchev–Trinajstić information content (AvgIpc) is 2.66. The van der Waals surface area contributed by atoms with Gasteiger partial charge in [0.1, 0.15) is 12.4 Å². The van der Waals surface area contributed by atoms with Crippen molar-refractivity contribution in [3.8, 4) is 0 Å². The van der Waals surface area contributed by atoms with E-state index in [1.54, 1.807) is 0 Å². The van der Waals surface area contributed by atoms with Crippen molar-refractivity contribution in [2.75, 3.05) is 11.9 Å². The van der Waals surface area contributed by atoms with Crippen LogP contribution in [0.3, 0.4) is 0 Å². The summed E-state index contributed by atoms with van der Waals surface area (Å²) in [7, 11) is 0. The molecule has 2 aromatic rings. The molecule has 0 spiro atoms. The maximum absolute atomic E-state index is 13.1. The SMILES string of the molecule is C[C@H](OC(=O)CNC(=O)c1cccc(F)c1)C(=O)Nc1ccc(C(N)=O)cc1. The summed E-state index contributed by atoms with van der Waals surface area (Å²) < 4.78 is 18.0. The molecule has 9 heteroatoms. The van der Waals surface area contributed by atoms with Crippen molar-refractivity contribution in [1.29, 1.82) is 0 Å². The zero-order valence-corrected chi connectivity index (χ0v) is 14.9. The van der Waals surface area contributed by atoms with Crippen LogP contribution in [0.1, 0.15) is 27.6 Å². The van der Waals surface area contributed by atoms with Gasteiger partial charge in [0.25, 0.3) is 11.8 Å². The molecule has 0 aliphatic rings. The largest absolute Gasteiger partial charge is 0.451 e. The van der Waals surface area contributed by atoms with E-state index in [2.05, 4.69) is 10.6 Å². The topological polar surface area (TPSA) is 128 Å². The molecule has 0 saturated heterocycles. The van der Waals surface area contributed by atoms with Crippen LogP contribution in [-0.2, 0) is 14.3 Å². The Balaban J connectivity index is 1.81. The van der Waals surface area contributed by atoms with Crippen molar-refractivity contribution in [3.63, 3.8) is 0 Å². The first kappa shape index (κ1) is 20.6. The molecule has 0 radical (unpaired) electrons. The number of ether oxygens (including phenoxy) is 1.